The topological polar surface area (TPSA) is 59.8 Å². The van der Waals surface area contributed by atoms with Crippen molar-refractivity contribution in [2.75, 3.05) is 18.1 Å². The molecule has 0 saturated carbocycles. The fraction of sp³-hybridized carbons (Fsp3) is 0.357. The number of hydrogen-bond donors (Lipinski definition) is 1. The van der Waals surface area contributed by atoms with Gasteiger partial charge in [-0.2, -0.15) is 11.8 Å². The van der Waals surface area contributed by atoms with E-state index >= 15 is 0 Å². The summed E-state index contributed by atoms with van der Waals surface area (Å²) in [6.07, 6.45) is 1.62. The van der Waals surface area contributed by atoms with E-state index in [-0.39, 0.29) is 5.91 Å². The van der Waals surface area contributed by atoms with Crippen LogP contribution in [0.25, 0.3) is 0 Å². The van der Waals surface area contributed by atoms with Gasteiger partial charge in [-0.05, 0) is 17.7 Å². The van der Waals surface area contributed by atoms with Crippen LogP contribution in [-0.2, 0) is 17.6 Å². The van der Waals surface area contributed by atoms with Crippen LogP contribution in [0.3, 0.4) is 0 Å². The Hall–Kier alpha value is -1.18. The fourth-order valence-electron chi connectivity index (χ4n) is 1.62. The molecule has 0 aliphatic heterocycles. The van der Waals surface area contributed by atoms with Crippen molar-refractivity contribution in [2.45, 2.75) is 10.9 Å². The molecule has 0 aliphatic carbocycles. The lowest BCUT2D eigenvalue weighted by atomic mass is 10.2. The first-order chi connectivity index (χ1) is 10.6. The van der Waals surface area contributed by atoms with Crippen molar-refractivity contribution in [2.24, 2.45) is 7.05 Å². The van der Waals surface area contributed by atoms with Crippen LogP contribution in [0.4, 0.5) is 0 Å². The Kier molecular flexibility index (Phi) is 7.08. The number of benzene rings is 1. The third kappa shape index (κ3) is 5.90. The van der Waals surface area contributed by atoms with E-state index in [4.69, 9.17) is 11.6 Å². The van der Waals surface area contributed by atoms with E-state index in [2.05, 4.69) is 15.5 Å². The maximum absolute atomic E-state index is 11.7. The maximum Gasteiger partial charge on any atom is 0.230 e. The Bertz CT molecular complexity index is 603. The van der Waals surface area contributed by atoms with Gasteiger partial charge in [0.05, 0.1) is 5.75 Å². The van der Waals surface area contributed by atoms with Gasteiger partial charge in [0.15, 0.2) is 5.16 Å². The van der Waals surface area contributed by atoms with Crippen LogP contribution in [0.1, 0.15) is 5.56 Å². The second kappa shape index (κ2) is 9.07. The molecule has 1 aromatic carbocycles. The molecule has 22 heavy (non-hydrogen) atoms. The van der Waals surface area contributed by atoms with Crippen LogP contribution >= 0.6 is 35.1 Å². The monoisotopic (exact) mass is 356 g/mol. The van der Waals surface area contributed by atoms with Crippen LogP contribution in [0.15, 0.2) is 35.7 Å². The third-order valence-corrected chi connectivity index (χ3v) is 5.07. The van der Waals surface area contributed by atoms with E-state index in [9.17, 15) is 4.79 Å². The van der Waals surface area contributed by atoms with Crippen molar-refractivity contribution in [3.63, 3.8) is 0 Å². The molecule has 2 rings (SSSR count). The zero-order chi connectivity index (χ0) is 15.8. The van der Waals surface area contributed by atoms with Crippen LogP contribution < -0.4 is 5.32 Å². The Morgan fingerprint density at radius 3 is 2.82 bits per heavy atom. The van der Waals surface area contributed by atoms with Crippen LogP contribution in [-0.4, -0.2) is 38.7 Å². The van der Waals surface area contributed by atoms with E-state index in [1.807, 2.05) is 31.3 Å². The number of rotatable bonds is 8. The predicted molar refractivity (Wildman–Crippen MR) is 92.4 cm³/mol. The lowest BCUT2D eigenvalue weighted by Crippen LogP contribution is -2.27. The summed E-state index contributed by atoms with van der Waals surface area (Å²) >= 11 is 9.00. The molecule has 1 N–H and O–H groups in total. The van der Waals surface area contributed by atoms with Crippen LogP contribution in [0, 0.1) is 0 Å². The summed E-state index contributed by atoms with van der Waals surface area (Å²) in [5.41, 5.74) is 1.23. The summed E-state index contributed by atoms with van der Waals surface area (Å²) in [7, 11) is 1.85. The van der Waals surface area contributed by atoms with Crippen molar-refractivity contribution >= 4 is 41.0 Å². The molecule has 1 heterocycles. The standard InChI is InChI=1S/C14H17ClN4OS2/c1-19-10-17-18-14(19)22-9-13(20)16-6-7-21-8-11-2-4-12(15)5-3-11/h2-5,10H,6-9H2,1H3,(H,16,20). The molecular formula is C14H17ClN4OS2. The molecule has 1 amide bonds. The van der Waals surface area contributed by atoms with Crippen molar-refractivity contribution in [1.82, 2.24) is 20.1 Å². The normalized spacial score (nSPS) is 10.6. The second-order valence-corrected chi connectivity index (χ2v) is 7.03. The Morgan fingerprint density at radius 2 is 2.14 bits per heavy atom. The van der Waals surface area contributed by atoms with Gasteiger partial charge in [0.1, 0.15) is 6.33 Å². The highest BCUT2D eigenvalue weighted by atomic mass is 35.5. The SMILES string of the molecule is Cn1cnnc1SCC(=O)NCCSCc1ccc(Cl)cc1. The molecule has 2 aromatic rings. The van der Waals surface area contributed by atoms with Crippen molar-refractivity contribution in [3.05, 3.63) is 41.2 Å². The van der Waals surface area contributed by atoms with Gasteiger partial charge in [-0.3, -0.25) is 4.79 Å². The minimum absolute atomic E-state index is 0.0140. The molecule has 0 atom stereocenters. The summed E-state index contributed by atoms with van der Waals surface area (Å²) in [5.74, 6) is 2.16. The summed E-state index contributed by atoms with van der Waals surface area (Å²) in [6.45, 7) is 0.663. The van der Waals surface area contributed by atoms with Gasteiger partial charge in [0, 0.05) is 30.1 Å². The highest BCUT2D eigenvalue weighted by Crippen LogP contribution is 2.15. The third-order valence-electron chi connectivity index (χ3n) is 2.75. The quantitative estimate of drug-likeness (QED) is 0.582. The predicted octanol–water partition coefficient (Wildman–Crippen LogP) is 2.61. The molecule has 0 unspecified atom stereocenters. The Balaban J connectivity index is 1.55. The van der Waals surface area contributed by atoms with Gasteiger partial charge in [0.25, 0.3) is 0 Å². The molecule has 0 spiro atoms. The molecule has 5 nitrogen and oxygen atoms in total. The Labute approximate surface area is 143 Å². The largest absolute Gasteiger partial charge is 0.355 e. The molecule has 0 saturated heterocycles. The molecular weight excluding hydrogens is 340 g/mol. The molecule has 0 radical (unpaired) electrons. The van der Waals surface area contributed by atoms with E-state index < -0.39 is 0 Å². The number of aromatic nitrogens is 3. The number of carbonyl (C=O) groups excluding carboxylic acids is 1. The average molecular weight is 357 g/mol. The minimum Gasteiger partial charge on any atom is -0.355 e. The van der Waals surface area contributed by atoms with Gasteiger partial charge >= 0.3 is 0 Å². The molecule has 118 valence electrons. The summed E-state index contributed by atoms with van der Waals surface area (Å²) in [4.78, 5) is 11.7. The van der Waals surface area contributed by atoms with Crippen molar-refractivity contribution in [3.8, 4) is 0 Å². The number of nitrogens with zero attached hydrogens (tertiary/aromatic N) is 3. The zero-order valence-electron chi connectivity index (χ0n) is 12.2. The number of nitrogens with one attached hydrogen (secondary N) is 1. The minimum atomic E-state index is 0.0140. The molecule has 0 fully saturated rings. The number of halogens is 1. The number of amides is 1. The smallest absolute Gasteiger partial charge is 0.230 e. The molecule has 1 aromatic heterocycles. The summed E-state index contributed by atoms with van der Waals surface area (Å²) < 4.78 is 1.79. The van der Waals surface area contributed by atoms with Crippen LogP contribution in [0.5, 0.6) is 0 Å². The average Bonchev–Trinajstić information content (AvgIpc) is 2.92. The van der Waals surface area contributed by atoms with E-state index in [1.54, 1.807) is 22.7 Å². The summed E-state index contributed by atoms with van der Waals surface area (Å²) in [5, 5.41) is 12.1. The van der Waals surface area contributed by atoms with E-state index in [1.165, 1.54) is 17.3 Å². The first-order valence-corrected chi connectivity index (χ1v) is 9.22. The maximum atomic E-state index is 11.7. The molecule has 8 heteroatoms. The van der Waals surface area contributed by atoms with Gasteiger partial charge in [-0.15, -0.1) is 10.2 Å². The van der Waals surface area contributed by atoms with Gasteiger partial charge in [-0.25, -0.2) is 0 Å². The van der Waals surface area contributed by atoms with E-state index in [0.717, 1.165) is 21.7 Å². The van der Waals surface area contributed by atoms with Crippen LogP contribution in [0.2, 0.25) is 5.02 Å². The molecule has 0 bridgehead atoms. The van der Waals surface area contributed by atoms with Gasteiger partial charge < -0.3 is 9.88 Å². The van der Waals surface area contributed by atoms with Gasteiger partial charge in [0.2, 0.25) is 5.91 Å². The van der Waals surface area contributed by atoms with Crippen molar-refractivity contribution in [1.29, 1.82) is 0 Å². The Morgan fingerprint density at radius 1 is 1.36 bits per heavy atom. The number of thioether (sulfide) groups is 2. The molecule has 0 aliphatic rings. The second-order valence-electron chi connectivity index (χ2n) is 4.54. The lowest BCUT2D eigenvalue weighted by molar-refractivity contribution is -0.118. The number of hydrogen-bond acceptors (Lipinski definition) is 5. The van der Waals surface area contributed by atoms with Gasteiger partial charge in [-0.1, -0.05) is 35.5 Å². The number of carbonyl (C=O) groups is 1. The highest BCUT2D eigenvalue weighted by Gasteiger charge is 2.06. The summed E-state index contributed by atoms with van der Waals surface area (Å²) in [6, 6.07) is 7.82. The first-order valence-electron chi connectivity index (χ1n) is 6.71. The van der Waals surface area contributed by atoms with Crippen molar-refractivity contribution < 1.29 is 4.79 Å². The zero-order valence-corrected chi connectivity index (χ0v) is 14.5. The highest BCUT2D eigenvalue weighted by molar-refractivity contribution is 7.99. The fourth-order valence-corrected chi connectivity index (χ4v) is 3.28. The number of aryl methyl sites for hydroxylation is 1. The van der Waals surface area contributed by atoms with E-state index in [0.29, 0.717) is 12.3 Å². The lowest BCUT2D eigenvalue weighted by Gasteiger charge is -2.05. The first kappa shape index (κ1) is 17.2.